The van der Waals surface area contributed by atoms with Crippen LogP contribution in [0, 0.1) is 0 Å². The van der Waals surface area contributed by atoms with Gasteiger partial charge < -0.3 is 145 Å². The van der Waals surface area contributed by atoms with Gasteiger partial charge >= 0.3 is 0 Å². The average molecular weight is 1110 g/mol. The number of hydrogen-bond acceptors (Lipinski definition) is 29. The molecule has 0 aromatic carbocycles. The number of aliphatic hydroxyl groups is 21. The zero-order valence-corrected chi connectivity index (χ0v) is 38.3. The quantitative estimate of drug-likeness (QED) is 0.0638. The first-order valence-corrected chi connectivity index (χ1v) is 20.9. The molecule has 0 radical (unpaired) electrons. The van der Waals surface area contributed by atoms with Crippen LogP contribution in [-0.4, -0.2) is 307 Å². The van der Waals surface area contributed by atoms with Crippen LogP contribution in [0.1, 0.15) is 21.2 Å². The van der Waals surface area contributed by atoms with E-state index in [2.05, 4.69) is 0 Å². The Bertz CT molecular complexity index is 1360. The summed E-state index contributed by atoms with van der Waals surface area (Å²) in [6.45, 7) is -2.29. The molecule has 0 spiro atoms. The maximum absolute atomic E-state index is 10.0. The van der Waals surface area contributed by atoms with Gasteiger partial charge in [-0.1, -0.05) is 0 Å². The summed E-state index contributed by atoms with van der Waals surface area (Å²) in [5, 5.41) is 199. The zero-order valence-electron chi connectivity index (χ0n) is 35.9. The van der Waals surface area contributed by atoms with Crippen molar-refractivity contribution in [3.8, 4) is 0 Å². The summed E-state index contributed by atoms with van der Waals surface area (Å²) in [6, 6.07) is 0. The molecule has 400 valence electrons. The molecule has 0 aromatic heterocycles. The molecule has 4 fully saturated rings. The molecule has 5 heterocycles. The van der Waals surface area contributed by atoms with Gasteiger partial charge in [0.05, 0.1) is 76.8 Å². The van der Waals surface area contributed by atoms with Crippen molar-refractivity contribution in [2.24, 2.45) is 0 Å². The van der Waals surface area contributed by atoms with E-state index < -0.39 is 193 Å². The van der Waals surface area contributed by atoms with Gasteiger partial charge in [-0.3, -0.25) is 0 Å². The fraction of sp³-hybridized carbons (Fsp3) is 0.946. The highest BCUT2D eigenvalue weighted by molar-refractivity contribution is 14.0. The molecule has 0 bridgehead atoms. The Morgan fingerprint density at radius 1 is 0.567 bits per heavy atom. The minimum atomic E-state index is -1.67. The molecular weight excluding hydrogens is 1040 g/mol. The lowest BCUT2D eigenvalue weighted by molar-refractivity contribution is -0.339. The zero-order chi connectivity index (χ0) is 49.7. The van der Waals surface area contributed by atoms with Crippen LogP contribution >= 0.6 is 24.0 Å². The molecular formula is C37H71IO29. The Labute approximate surface area is 400 Å². The number of rotatable bonds is 16. The first-order chi connectivity index (χ1) is 31.1. The van der Waals surface area contributed by atoms with Gasteiger partial charge in [-0.25, -0.2) is 0 Å². The number of aliphatic hydroxyl groups excluding tert-OH is 21. The summed E-state index contributed by atoms with van der Waals surface area (Å²) in [5.41, 5.74) is 0. The van der Waals surface area contributed by atoms with E-state index in [0.717, 1.165) is 0 Å². The minimum Gasteiger partial charge on any atom is -0.464 e. The Kier molecular flexibility index (Phi) is 27.5. The van der Waals surface area contributed by atoms with Crippen molar-refractivity contribution in [3.05, 3.63) is 11.8 Å². The van der Waals surface area contributed by atoms with Gasteiger partial charge in [-0.2, -0.15) is 0 Å². The van der Waals surface area contributed by atoms with E-state index in [4.69, 9.17) is 73.6 Å². The lowest BCUT2D eigenvalue weighted by atomic mass is 9.98. The Balaban J connectivity index is 0.000000503. The normalized spacial score (nSPS) is 43.7. The molecule has 0 aliphatic carbocycles. The molecule has 21 N–H and O–H groups in total. The van der Waals surface area contributed by atoms with E-state index in [0.29, 0.717) is 0 Å². The molecule has 0 amide bonds. The van der Waals surface area contributed by atoms with Gasteiger partial charge in [0.15, 0.2) is 18.9 Å². The first-order valence-electron chi connectivity index (χ1n) is 20.9. The van der Waals surface area contributed by atoms with Gasteiger partial charge in [-0.15, -0.1) is 24.0 Å². The Morgan fingerprint density at radius 3 is 1.51 bits per heavy atom. The van der Waals surface area contributed by atoms with Crippen LogP contribution in [0.25, 0.3) is 0 Å². The maximum Gasteiger partial charge on any atom is 0.228 e. The SMILES string of the molecule is C[C@@H]1OC(CO)C=C(O[C@@H]2OC(CO)[C@@H](O)[C@H](O)C2O)C1O.I.OCC(O)CC(O[C@@H]1OC(CO)[C@@H](O)[C@H](O)C1O)C(O)CO.OCC1C[C@H](O[C@@H]2OC(CO)[C@@H](O)[C@H](O)C2O)C(O)C(O)O1.[HH]. The molecule has 5 aliphatic heterocycles. The second-order valence-corrected chi connectivity index (χ2v) is 16.0. The first kappa shape index (κ1) is 62.3. The van der Waals surface area contributed by atoms with Gasteiger partial charge in [-0.05, 0) is 13.0 Å². The van der Waals surface area contributed by atoms with Crippen LogP contribution < -0.4 is 0 Å². The van der Waals surface area contributed by atoms with Crippen molar-refractivity contribution < 1.29 is 147 Å². The summed E-state index contributed by atoms with van der Waals surface area (Å²) in [6.07, 6.45) is -32.1. The summed E-state index contributed by atoms with van der Waals surface area (Å²) in [5.74, 6) is 0.0159. The van der Waals surface area contributed by atoms with Gasteiger partial charge in [0.25, 0.3) is 0 Å². The molecule has 14 unspecified atom stereocenters. The fourth-order valence-corrected chi connectivity index (χ4v) is 7.04. The summed E-state index contributed by atoms with van der Waals surface area (Å²) in [7, 11) is 0. The standard InChI is InChI=1S/C13H22O9.C12H22O10.C12H24O10.HI.H2/c1-5-9(16)7(2-6(3-14)20-5)21-13-12(19)11(18)10(17)8(4-15)22-13;13-2-4-1-5(8(16)11(19)20-4)21-12-10(18)9(17)7(15)6(3-14)22-12;13-2-5(16)1-7(6(17)3-14)21-12-11(20)10(19)9(18)8(4-15)22-12;;/h2,5-6,8-19H,3-4H2,1H3;4-19H,1-3H2;5-20H,1-4H2;2*1H/t5-,6?,8?,9?,10+,11-,12?,13+;4?,5-,6?,7+,8?,9-,10?,11?,12+;5?,6?,7?,8?,9-,10+,11?,12-;;/m001../s1. The molecule has 4 saturated heterocycles. The van der Waals surface area contributed by atoms with Crippen molar-refractivity contribution in [2.75, 3.05) is 46.2 Å². The highest BCUT2D eigenvalue weighted by atomic mass is 127. The fourth-order valence-electron chi connectivity index (χ4n) is 7.04. The van der Waals surface area contributed by atoms with Crippen molar-refractivity contribution in [1.82, 2.24) is 0 Å². The van der Waals surface area contributed by atoms with Crippen LogP contribution in [0.4, 0.5) is 0 Å². The minimum absolute atomic E-state index is 0. The lowest BCUT2D eigenvalue weighted by Gasteiger charge is -2.43. The number of halogens is 1. The molecule has 0 saturated carbocycles. The van der Waals surface area contributed by atoms with Crippen LogP contribution in [0.15, 0.2) is 11.8 Å². The Hall–Kier alpha value is -0.850. The average Bonchev–Trinajstić information content (AvgIpc) is 3.31. The number of hydrogen-bond donors (Lipinski definition) is 21. The molecule has 5 aliphatic rings. The summed E-state index contributed by atoms with van der Waals surface area (Å²) >= 11 is 0. The molecule has 29 nitrogen and oxygen atoms in total. The summed E-state index contributed by atoms with van der Waals surface area (Å²) < 4.78 is 41.6. The van der Waals surface area contributed by atoms with Crippen molar-refractivity contribution in [1.29, 1.82) is 0 Å². The molecule has 30 heteroatoms. The highest BCUT2D eigenvalue weighted by Gasteiger charge is 2.49. The van der Waals surface area contributed by atoms with Crippen molar-refractivity contribution in [3.63, 3.8) is 0 Å². The highest BCUT2D eigenvalue weighted by Crippen LogP contribution is 2.30. The topological polar surface area (TPSA) is 499 Å². The smallest absolute Gasteiger partial charge is 0.228 e. The van der Waals surface area contributed by atoms with Crippen molar-refractivity contribution in [2.45, 2.75) is 173 Å². The predicted molar refractivity (Wildman–Crippen MR) is 225 cm³/mol. The van der Waals surface area contributed by atoms with E-state index in [1.54, 1.807) is 6.92 Å². The lowest BCUT2D eigenvalue weighted by Crippen LogP contribution is -2.61. The van der Waals surface area contributed by atoms with E-state index in [-0.39, 0.29) is 50.6 Å². The van der Waals surface area contributed by atoms with Crippen LogP contribution in [0.3, 0.4) is 0 Å². The maximum atomic E-state index is 10.0. The molecule has 0 aromatic rings. The van der Waals surface area contributed by atoms with Crippen LogP contribution in [-0.2, 0) is 37.9 Å². The van der Waals surface area contributed by atoms with Gasteiger partial charge in [0, 0.05) is 14.3 Å². The largest absolute Gasteiger partial charge is 0.464 e. The van der Waals surface area contributed by atoms with E-state index in [9.17, 15) is 71.5 Å². The van der Waals surface area contributed by atoms with Gasteiger partial charge in [0.2, 0.25) is 6.29 Å². The third-order valence-corrected chi connectivity index (χ3v) is 11.1. The summed E-state index contributed by atoms with van der Waals surface area (Å²) in [4.78, 5) is 0. The second-order valence-electron chi connectivity index (χ2n) is 16.0. The third-order valence-electron chi connectivity index (χ3n) is 11.1. The van der Waals surface area contributed by atoms with Crippen molar-refractivity contribution >= 4 is 24.0 Å². The molecule has 67 heavy (non-hydrogen) atoms. The second kappa shape index (κ2) is 29.6. The molecule has 25 atom stereocenters. The van der Waals surface area contributed by atoms with Crippen LogP contribution in [0.2, 0.25) is 0 Å². The third kappa shape index (κ3) is 16.6. The predicted octanol–water partition coefficient (Wildman–Crippen LogP) is -11.4. The van der Waals surface area contributed by atoms with Gasteiger partial charge in [0.1, 0.15) is 103 Å². The van der Waals surface area contributed by atoms with E-state index in [1.807, 2.05) is 0 Å². The monoisotopic (exact) mass is 1110 g/mol. The molecule has 5 rings (SSSR count). The van der Waals surface area contributed by atoms with E-state index >= 15 is 0 Å². The Morgan fingerprint density at radius 2 is 1.04 bits per heavy atom. The van der Waals surface area contributed by atoms with E-state index in [1.165, 1.54) is 6.08 Å². The number of ether oxygens (including phenoxy) is 8. The van der Waals surface area contributed by atoms with Crippen LogP contribution in [0.5, 0.6) is 0 Å².